The van der Waals surface area contributed by atoms with E-state index in [4.69, 9.17) is 0 Å². The maximum absolute atomic E-state index is 13.4. The average molecular weight is 336 g/mol. The number of carbonyl (C=O) groups excluding carboxylic acids is 1. The van der Waals surface area contributed by atoms with E-state index in [2.05, 4.69) is 12.2 Å². The Morgan fingerprint density at radius 3 is 2.58 bits per heavy atom. The van der Waals surface area contributed by atoms with Crippen LogP contribution in [0.15, 0.2) is 24.3 Å². The van der Waals surface area contributed by atoms with Crippen LogP contribution in [0.25, 0.3) is 0 Å². The summed E-state index contributed by atoms with van der Waals surface area (Å²) in [6.45, 7) is 8.04. The molecule has 0 aliphatic carbocycles. The first-order valence-corrected chi connectivity index (χ1v) is 8.72. The van der Waals surface area contributed by atoms with Gasteiger partial charge in [0, 0.05) is 31.7 Å². The van der Waals surface area contributed by atoms with Crippen molar-refractivity contribution in [3.05, 3.63) is 35.6 Å². The highest BCUT2D eigenvalue weighted by molar-refractivity contribution is 5.74. The highest BCUT2D eigenvalue weighted by Crippen LogP contribution is 2.34. The van der Waals surface area contributed by atoms with E-state index in [1.165, 1.54) is 12.1 Å². The van der Waals surface area contributed by atoms with E-state index in [0.29, 0.717) is 19.6 Å². The van der Waals surface area contributed by atoms with Gasteiger partial charge in [0.25, 0.3) is 0 Å². The van der Waals surface area contributed by atoms with Crippen molar-refractivity contribution in [2.24, 2.45) is 5.41 Å². The molecule has 2 rings (SSSR count). The van der Waals surface area contributed by atoms with Gasteiger partial charge in [0.2, 0.25) is 0 Å². The van der Waals surface area contributed by atoms with Gasteiger partial charge in [-0.05, 0) is 42.4 Å². The number of nitrogens with one attached hydrogen (secondary N) is 1. The van der Waals surface area contributed by atoms with Crippen LogP contribution >= 0.6 is 0 Å². The van der Waals surface area contributed by atoms with Crippen molar-refractivity contribution in [2.75, 3.05) is 26.2 Å². The zero-order chi connectivity index (χ0) is 17.8. The molecule has 5 heteroatoms. The predicted molar refractivity (Wildman–Crippen MR) is 93.4 cm³/mol. The Hall–Kier alpha value is -1.62. The number of urea groups is 1. The average Bonchev–Trinajstić information content (AvgIpc) is 2.60. The predicted octanol–water partition coefficient (Wildman–Crippen LogP) is 3.30. The minimum Gasteiger partial charge on any atom is -0.396 e. The lowest BCUT2D eigenvalue weighted by Crippen LogP contribution is -2.50. The molecule has 1 heterocycles. The third-order valence-corrected chi connectivity index (χ3v) is 5.48. The van der Waals surface area contributed by atoms with Gasteiger partial charge in [0.1, 0.15) is 5.82 Å². The summed E-state index contributed by atoms with van der Waals surface area (Å²) < 4.78 is 13.4. The molecule has 1 aliphatic heterocycles. The highest BCUT2D eigenvalue weighted by atomic mass is 19.1. The van der Waals surface area contributed by atoms with E-state index in [1.54, 1.807) is 6.07 Å². The van der Waals surface area contributed by atoms with E-state index in [0.717, 1.165) is 24.8 Å². The molecule has 134 valence electrons. The largest absolute Gasteiger partial charge is 0.396 e. The first kappa shape index (κ1) is 18.7. The SMILES string of the molecule is CCC1(CO)CCN(C(=O)NCC(C)(C)c2cccc(F)c2)CC1. The summed E-state index contributed by atoms with van der Waals surface area (Å²) in [6, 6.07) is 6.43. The molecule has 1 aromatic rings. The molecule has 1 saturated heterocycles. The van der Waals surface area contributed by atoms with Crippen molar-refractivity contribution in [1.82, 2.24) is 10.2 Å². The summed E-state index contributed by atoms with van der Waals surface area (Å²) in [5, 5.41) is 12.6. The van der Waals surface area contributed by atoms with Gasteiger partial charge in [-0.25, -0.2) is 9.18 Å². The molecule has 2 N–H and O–H groups in total. The van der Waals surface area contributed by atoms with Crippen molar-refractivity contribution in [2.45, 2.75) is 45.4 Å². The number of rotatable bonds is 5. The molecular weight excluding hydrogens is 307 g/mol. The smallest absolute Gasteiger partial charge is 0.317 e. The summed E-state index contributed by atoms with van der Waals surface area (Å²) in [6.07, 6.45) is 2.60. The minimum atomic E-state index is -0.341. The van der Waals surface area contributed by atoms with E-state index < -0.39 is 0 Å². The Bertz CT molecular complexity index is 560. The Kier molecular flexibility index (Phi) is 5.86. The van der Waals surface area contributed by atoms with Crippen LogP contribution in [0, 0.1) is 11.2 Å². The molecule has 2 amide bonds. The van der Waals surface area contributed by atoms with E-state index >= 15 is 0 Å². The number of likely N-dealkylation sites (tertiary alicyclic amines) is 1. The third-order valence-electron chi connectivity index (χ3n) is 5.48. The van der Waals surface area contributed by atoms with Crippen LogP contribution < -0.4 is 5.32 Å². The molecule has 4 nitrogen and oxygen atoms in total. The fourth-order valence-electron chi connectivity index (χ4n) is 3.23. The lowest BCUT2D eigenvalue weighted by molar-refractivity contribution is 0.0518. The van der Waals surface area contributed by atoms with E-state index in [9.17, 15) is 14.3 Å². The van der Waals surface area contributed by atoms with Crippen LogP contribution in [-0.2, 0) is 5.41 Å². The quantitative estimate of drug-likeness (QED) is 0.867. The van der Waals surface area contributed by atoms with Gasteiger partial charge in [0.05, 0.1) is 0 Å². The summed E-state index contributed by atoms with van der Waals surface area (Å²) in [5.41, 5.74) is 0.496. The number of amides is 2. The van der Waals surface area contributed by atoms with Crippen molar-refractivity contribution < 1.29 is 14.3 Å². The number of halogens is 1. The van der Waals surface area contributed by atoms with E-state index in [1.807, 2.05) is 24.8 Å². The van der Waals surface area contributed by atoms with Gasteiger partial charge in [0.15, 0.2) is 0 Å². The van der Waals surface area contributed by atoms with Gasteiger partial charge < -0.3 is 15.3 Å². The van der Waals surface area contributed by atoms with Crippen LogP contribution in [0.5, 0.6) is 0 Å². The molecule has 0 bridgehead atoms. The van der Waals surface area contributed by atoms with E-state index in [-0.39, 0.29) is 29.3 Å². The van der Waals surface area contributed by atoms with Gasteiger partial charge in [-0.15, -0.1) is 0 Å². The normalized spacial score (nSPS) is 17.6. The number of carbonyl (C=O) groups is 1. The number of nitrogens with zero attached hydrogens (tertiary/aromatic N) is 1. The Balaban J connectivity index is 1.89. The molecule has 0 unspecified atom stereocenters. The number of aliphatic hydroxyl groups is 1. The maximum atomic E-state index is 13.4. The molecule has 0 spiro atoms. The molecule has 0 aromatic heterocycles. The van der Waals surface area contributed by atoms with Gasteiger partial charge in [-0.1, -0.05) is 32.9 Å². The van der Waals surface area contributed by atoms with Crippen LogP contribution in [0.4, 0.5) is 9.18 Å². The monoisotopic (exact) mass is 336 g/mol. The zero-order valence-corrected chi connectivity index (χ0v) is 14.9. The molecule has 0 radical (unpaired) electrons. The molecule has 1 fully saturated rings. The standard InChI is InChI=1S/C19H29FN2O2/c1-4-19(14-23)8-10-22(11-9-19)17(24)21-13-18(2,3)15-6-5-7-16(20)12-15/h5-7,12,23H,4,8-11,13-14H2,1-3H3,(H,21,24). The van der Waals surface area contributed by atoms with Crippen LogP contribution in [0.3, 0.4) is 0 Å². The first-order valence-electron chi connectivity index (χ1n) is 8.72. The number of benzene rings is 1. The van der Waals surface area contributed by atoms with Crippen molar-refractivity contribution in [3.8, 4) is 0 Å². The van der Waals surface area contributed by atoms with Crippen molar-refractivity contribution in [3.63, 3.8) is 0 Å². The fourth-order valence-corrected chi connectivity index (χ4v) is 3.23. The molecular formula is C19H29FN2O2. The lowest BCUT2D eigenvalue weighted by atomic mass is 9.77. The second-order valence-corrected chi connectivity index (χ2v) is 7.55. The fraction of sp³-hybridized carbons (Fsp3) is 0.632. The van der Waals surface area contributed by atoms with Gasteiger partial charge in [-0.3, -0.25) is 0 Å². The second kappa shape index (κ2) is 7.51. The molecule has 1 aromatic carbocycles. The first-order chi connectivity index (χ1) is 11.3. The number of piperidine rings is 1. The highest BCUT2D eigenvalue weighted by Gasteiger charge is 2.34. The summed E-state index contributed by atoms with van der Waals surface area (Å²) in [4.78, 5) is 14.2. The van der Waals surface area contributed by atoms with Crippen molar-refractivity contribution >= 4 is 6.03 Å². The lowest BCUT2D eigenvalue weighted by Gasteiger charge is -2.40. The molecule has 0 atom stereocenters. The molecule has 0 saturated carbocycles. The number of hydrogen-bond acceptors (Lipinski definition) is 2. The Labute approximate surface area is 144 Å². The molecule has 1 aliphatic rings. The van der Waals surface area contributed by atoms with Gasteiger partial charge >= 0.3 is 6.03 Å². The van der Waals surface area contributed by atoms with Gasteiger partial charge in [-0.2, -0.15) is 0 Å². The Morgan fingerprint density at radius 1 is 1.38 bits per heavy atom. The summed E-state index contributed by atoms with van der Waals surface area (Å²) in [7, 11) is 0. The number of aliphatic hydroxyl groups excluding tert-OH is 1. The summed E-state index contributed by atoms with van der Waals surface area (Å²) in [5.74, 6) is -0.261. The Morgan fingerprint density at radius 2 is 2.04 bits per heavy atom. The third kappa shape index (κ3) is 4.26. The minimum absolute atomic E-state index is 0.0301. The maximum Gasteiger partial charge on any atom is 0.317 e. The number of hydrogen-bond donors (Lipinski definition) is 2. The summed E-state index contributed by atoms with van der Waals surface area (Å²) >= 11 is 0. The van der Waals surface area contributed by atoms with Crippen LogP contribution in [-0.4, -0.2) is 42.3 Å². The zero-order valence-electron chi connectivity index (χ0n) is 14.9. The second-order valence-electron chi connectivity index (χ2n) is 7.55. The van der Waals surface area contributed by atoms with Crippen molar-refractivity contribution in [1.29, 1.82) is 0 Å². The van der Waals surface area contributed by atoms with Crippen LogP contribution in [0.2, 0.25) is 0 Å². The van der Waals surface area contributed by atoms with Crippen LogP contribution in [0.1, 0.15) is 45.6 Å². The topological polar surface area (TPSA) is 52.6 Å². The molecule has 24 heavy (non-hydrogen) atoms.